The van der Waals surface area contributed by atoms with Crippen LogP contribution in [-0.4, -0.2) is 45.6 Å². The number of rotatable bonds is 5. The summed E-state index contributed by atoms with van der Waals surface area (Å²) in [6.07, 6.45) is 9.48. The molecule has 0 aliphatic heterocycles. The van der Waals surface area contributed by atoms with Gasteiger partial charge < -0.3 is 9.51 Å². The first kappa shape index (κ1) is 14.9. The Labute approximate surface area is 148 Å². The van der Waals surface area contributed by atoms with Crippen molar-refractivity contribution in [1.29, 1.82) is 0 Å². The fraction of sp³-hybridized carbons (Fsp3) is 0.167. The van der Waals surface area contributed by atoms with Crippen LogP contribution in [0.25, 0.3) is 28.1 Å². The molecule has 0 aliphatic carbocycles. The third kappa shape index (κ3) is 2.47. The molecule has 130 valence electrons. The molecule has 0 aliphatic rings. The minimum absolute atomic E-state index is 0.0672. The van der Waals surface area contributed by atoms with Crippen LogP contribution in [0.5, 0.6) is 0 Å². The summed E-state index contributed by atoms with van der Waals surface area (Å²) < 4.78 is 5.75. The van der Waals surface area contributed by atoms with Gasteiger partial charge in [0.25, 0.3) is 0 Å². The largest absolute Gasteiger partial charge is 0.394 e. The molecule has 0 spiro atoms. The van der Waals surface area contributed by atoms with E-state index < -0.39 is 0 Å². The number of pyridine rings is 2. The predicted octanol–water partition coefficient (Wildman–Crippen LogP) is 1.92. The van der Waals surface area contributed by atoms with Crippen molar-refractivity contribution in [1.82, 2.24) is 33.9 Å². The number of aliphatic hydroxyl groups excluding tert-OH is 1. The topological polar surface area (TPSA) is 89.0 Å². The van der Waals surface area contributed by atoms with Crippen LogP contribution in [0.3, 0.4) is 0 Å². The van der Waals surface area contributed by atoms with E-state index in [4.69, 9.17) is 10.1 Å². The average molecular weight is 347 g/mol. The average Bonchev–Trinajstić information content (AvgIpc) is 3.29. The molecule has 0 fully saturated rings. The summed E-state index contributed by atoms with van der Waals surface area (Å²) in [7, 11) is 0. The molecule has 2 N–H and O–H groups in total. The Morgan fingerprint density at radius 1 is 1.12 bits per heavy atom. The Balaban J connectivity index is 1.45. The number of hydrogen-bond donors (Lipinski definition) is 2. The molecule has 0 unspecified atom stereocenters. The first-order valence-corrected chi connectivity index (χ1v) is 8.41. The lowest BCUT2D eigenvalue weighted by molar-refractivity contribution is 0.269. The molecule has 0 saturated heterocycles. The molecule has 0 amide bonds. The van der Waals surface area contributed by atoms with E-state index >= 15 is 0 Å². The highest BCUT2D eigenvalue weighted by molar-refractivity contribution is 5.76. The minimum Gasteiger partial charge on any atom is -0.394 e. The van der Waals surface area contributed by atoms with Crippen molar-refractivity contribution in [3.8, 4) is 11.3 Å². The Morgan fingerprint density at radius 2 is 2.08 bits per heavy atom. The second-order valence-electron chi connectivity index (χ2n) is 6.21. The second kappa shape index (κ2) is 5.85. The van der Waals surface area contributed by atoms with E-state index in [9.17, 15) is 0 Å². The molecular formula is C18H17N7O. The highest BCUT2D eigenvalue weighted by atomic mass is 16.3. The number of imidazole rings is 1. The van der Waals surface area contributed by atoms with E-state index in [0.717, 1.165) is 33.6 Å². The molecular weight excluding hydrogens is 330 g/mol. The zero-order chi connectivity index (χ0) is 17.5. The highest BCUT2D eigenvalue weighted by Gasteiger charge is 2.11. The monoisotopic (exact) mass is 347 g/mol. The van der Waals surface area contributed by atoms with Crippen LogP contribution in [0.4, 0.5) is 0 Å². The van der Waals surface area contributed by atoms with E-state index in [2.05, 4.69) is 27.4 Å². The van der Waals surface area contributed by atoms with E-state index in [0.29, 0.717) is 13.1 Å². The number of aromatic amines is 1. The van der Waals surface area contributed by atoms with Crippen molar-refractivity contribution in [3.05, 3.63) is 60.8 Å². The molecule has 5 heterocycles. The van der Waals surface area contributed by atoms with Crippen molar-refractivity contribution >= 4 is 16.8 Å². The lowest BCUT2D eigenvalue weighted by atomic mass is 10.2. The van der Waals surface area contributed by atoms with Gasteiger partial charge in [0.2, 0.25) is 0 Å². The lowest BCUT2D eigenvalue weighted by Gasteiger charge is -2.16. The van der Waals surface area contributed by atoms with E-state index in [1.165, 1.54) is 0 Å². The van der Waals surface area contributed by atoms with Crippen LogP contribution in [-0.2, 0) is 13.1 Å². The van der Waals surface area contributed by atoms with Crippen molar-refractivity contribution < 1.29 is 5.11 Å². The van der Waals surface area contributed by atoms with Gasteiger partial charge in [-0.3, -0.25) is 14.5 Å². The summed E-state index contributed by atoms with van der Waals surface area (Å²) in [6, 6.07) is 8.08. The molecule has 5 rings (SSSR count). The number of aliphatic hydroxyl groups is 1. The molecule has 26 heavy (non-hydrogen) atoms. The van der Waals surface area contributed by atoms with Gasteiger partial charge in [-0.05, 0) is 23.8 Å². The quantitative estimate of drug-likeness (QED) is 0.508. The number of H-pyrrole nitrogens is 1. The van der Waals surface area contributed by atoms with Crippen LogP contribution >= 0.6 is 0 Å². The van der Waals surface area contributed by atoms with Crippen molar-refractivity contribution in [2.75, 3.05) is 6.61 Å². The number of fused-ring (bicyclic) bond motifs is 2. The number of aromatic nitrogens is 7. The molecule has 8 heteroatoms. The van der Waals surface area contributed by atoms with Crippen LogP contribution in [0, 0.1) is 0 Å². The van der Waals surface area contributed by atoms with Crippen molar-refractivity contribution in [2.45, 2.75) is 13.1 Å². The van der Waals surface area contributed by atoms with Crippen LogP contribution < -0.4 is 0 Å². The molecule has 0 bridgehead atoms. The minimum atomic E-state index is 0.0672. The first-order valence-electron chi connectivity index (χ1n) is 8.41. The van der Waals surface area contributed by atoms with Gasteiger partial charge in [-0.25, -0.2) is 9.97 Å². The smallest absolute Gasteiger partial charge is 0.173 e. The van der Waals surface area contributed by atoms with Gasteiger partial charge in [0, 0.05) is 30.4 Å². The van der Waals surface area contributed by atoms with Gasteiger partial charge in [0.1, 0.15) is 5.65 Å². The summed E-state index contributed by atoms with van der Waals surface area (Å²) in [4.78, 5) is 9.03. The van der Waals surface area contributed by atoms with Crippen LogP contribution in [0.1, 0.15) is 5.56 Å². The van der Waals surface area contributed by atoms with E-state index in [1.807, 2.05) is 39.7 Å². The standard InChI is InChI=1S/C18H17N7O/c26-8-7-24-12-14(9-20-24)15-2-3-16-18(21-15)25(22-16)11-13-1-4-17-19-5-6-23(17)10-13/h1-6,9-10,12,22,26H,7-8,11H2. The van der Waals surface area contributed by atoms with Crippen LogP contribution in [0.2, 0.25) is 0 Å². The molecule has 0 saturated carbocycles. The molecule has 5 aromatic rings. The summed E-state index contributed by atoms with van der Waals surface area (Å²) in [6.45, 7) is 1.26. The number of nitrogens with zero attached hydrogens (tertiary/aromatic N) is 6. The summed E-state index contributed by atoms with van der Waals surface area (Å²) >= 11 is 0. The maximum atomic E-state index is 9.02. The third-order valence-electron chi connectivity index (χ3n) is 4.44. The highest BCUT2D eigenvalue weighted by Crippen LogP contribution is 2.22. The molecule has 0 aromatic carbocycles. The summed E-state index contributed by atoms with van der Waals surface area (Å²) in [5, 5.41) is 16.6. The molecule has 0 atom stereocenters. The number of nitrogens with one attached hydrogen (secondary N) is 1. The van der Waals surface area contributed by atoms with Gasteiger partial charge in [-0.15, -0.1) is 0 Å². The fourth-order valence-corrected chi connectivity index (χ4v) is 3.12. The normalized spacial score (nSPS) is 11.7. The SMILES string of the molecule is OCCn1cc(-c2ccc3[nH]n(Cc4ccc5nccn5c4)c3n2)cn1. The third-order valence-corrected chi connectivity index (χ3v) is 4.44. The predicted molar refractivity (Wildman–Crippen MR) is 96.7 cm³/mol. The number of hydrogen-bond acceptors (Lipinski definition) is 4. The Morgan fingerprint density at radius 3 is 3.00 bits per heavy atom. The maximum Gasteiger partial charge on any atom is 0.173 e. The van der Waals surface area contributed by atoms with Gasteiger partial charge in [-0.1, -0.05) is 6.07 Å². The fourth-order valence-electron chi connectivity index (χ4n) is 3.12. The Bertz CT molecular complexity index is 1190. The molecule has 5 aromatic heterocycles. The first-order chi connectivity index (χ1) is 12.8. The molecule has 8 nitrogen and oxygen atoms in total. The summed E-state index contributed by atoms with van der Waals surface area (Å²) in [5.41, 5.74) is 5.84. The Hall–Kier alpha value is -3.39. The van der Waals surface area contributed by atoms with Gasteiger partial charge in [0.15, 0.2) is 5.65 Å². The zero-order valence-corrected chi connectivity index (χ0v) is 13.9. The maximum absolute atomic E-state index is 9.02. The Kier molecular flexibility index (Phi) is 3.36. The van der Waals surface area contributed by atoms with Gasteiger partial charge >= 0.3 is 0 Å². The zero-order valence-electron chi connectivity index (χ0n) is 13.9. The van der Waals surface area contributed by atoms with Crippen molar-refractivity contribution in [3.63, 3.8) is 0 Å². The van der Waals surface area contributed by atoms with Crippen molar-refractivity contribution in [2.24, 2.45) is 0 Å². The lowest BCUT2D eigenvalue weighted by Crippen LogP contribution is -2.13. The summed E-state index contributed by atoms with van der Waals surface area (Å²) in [5.74, 6) is 0. The van der Waals surface area contributed by atoms with Gasteiger partial charge in [0.05, 0.1) is 37.1 Å². The van der Waals surface area contributed by atoms with Gasteiger partial charge in [-0.2, -0.15) is 5.10 Å². The van der Waals surface area contributed by atoms with Crippen LogP contribution in [0.15, 0.2) is 55.2 Å². The second-order valence-corrected chi connectivity index (χ2v) is 6.21. The van der Waals surface area contributed by atoms with E-state index in [-0.39, 0.29) is 6.61 Å². The van der Waals surface area contributed by atoms with E-state index in [1.54, 1.807) is 17.1 Å². The molecule has 0 radical (unpaired) electrons.